The van der Waals surface area contributed by atoms with Crippen LogP contribution in [-0.4, -0.2) is 16.3 Å². The predicted octanol–water partition coefficient (Wildman–Crippen LogP) is 3.56. The van der Waals surface area contributed by atoms with Crippen molar-refractivity contribution in [2.45, 2.75) is 33.4 Å². The van der Waals surface area contributed by atoms with Crippen molar-refractivity contribution in [3.63, 3.8) is 0 Å². The van der Waals surface area contributed by atoms with Gasteiger partial charge in [-0.15, -0.1) is 0 Å². The summed E-state index contributed by atoms with van der Waals surface area (Å²) in [5, 5.41) is 8.53. The van der Waals surface area contributed by atoms with Crippen molar-refractivity contribution in [1.82, 2.24) is 15.1 Å². The number of nitrogens with one attached hydrogen (secondary N) is 1. The maximum Gasteiger partial charge on any atom is 0.0837 e. The van der Waals surface area contributed by atoms with Crippen molar-refractivity contribution in [3.05, 3.63) is 52.3 Å². The molecule has 3 nitrogen and oxygen atoms in total. The lowest BCUT2D eigenvalue weighted by Crippen LogP contribution is -2.25. The van der Waals surface area contributed by atoms with Gasteiger partial charge >= 0.3 is 0 Å². The van der Waals surface area contributed by atoms with E-state index in [1.807, 2.05) is 4.68 Å². The molecule has 0 amide bonds. The Labute approximate surface area is 119 Å². The largest absolute Gasteiger partial charge is 0.305 e. The fourth-order valence-corrected chi connectivity index (χ4v) is 2.50. The summed E-state index contributed by atoms with van der Waals surface area (Å²) in [5.74, 6) is 0. The average Bonchev–Trinajstić information content (AvgIpc) is 2.78. The van der Waals surface area contributed by atoms with Crippen molar-refractivity contribution in [2.24, 2.45) is 0 Å². The SMILES string of the molecule is CCNC(c1ccc(C)cc1)c1c(Cl)cnn1CC. The molecule has 1 unspecified atom stereocenters. The minimum Gasteiger partial charge on any atom is -0.305 e. The van der Waals surface area contributed by atoms with Crippen LogP contribution in [0.5, 0.6) is 0 Å². The summed E-state index contributed by atoms with van der Waals surface area (Å²) in [6.45, 7) is 7.96. The Kier molecular flexibility index (Phi) is 4.61. The van der Waals surface area contributed by atoms with Gasteiger partial charge in [0.1, 0.15) is 0 Å². The van der Waals surface area contributed by atoms with Gasteiger partial charge in [-0.1, -0.05) is 48.4 Å². The molecule has 102 valence electrons. The van der Waals surface area contributed by atoms with Crippen molar-refractivity contribution in [1.29, 1.82) is 0 Å². The van der Waals surface area contributed by atoms with E-state index in [9.17, 15) is 0 Å². The summed E-state index contributed by atoms with van der Waals surface area (Å²) < 4.78 is 1.95. The summed E-state index contributed by atoms with van der Waals surface area (Å²) in [6, 6.07) is 8.62. The van der Waals surface area contributed by atoms with Crippen LogP contribution in [0.1, 0.15) is 36.7 Å². The molecule has 1 N–H and O–H groups in total. The molecule has 1 atom stereocenters. The third kappa shape index (κ3) is 2.99. The van der Waals surface area contributed by atoms with E-state index in [0.717, 1.165) is 18.8 Å². The summed E-state index contributed by atoms with van der Waals surface area (Å²) >= 11 is 6.31. The molecule has 1 aromatic heterocycles. The van der Waals surface area contributed by atoms with Gasteiger partial charge in [0.15, 0.2) is 0 Å². The molecule has 1 aromatic carbocycles. The van der Waals surface area contributed by atoms with E-state index in [-0.39, 0.29) is 6.04 Å². The Morgan fingerprint density at radius 2 is 1.95 bits per heavy atom. The van der Waals surface area contributed by atoms with E-state index < -0.39 is 0 Å². The zero-order valence-electron chi connectivity index (χ0n) is 11.7. The van der Waals surface area contributed by atoms with Crippen LogP contribution in [0.15, 0.2) is 30.5 Å². The molecule has 0 spiro atoms. The first-order chi connectivity index (χ1) is 9.17. The van der Waals surface area contributed by atoms with E-state index in [0.29, 0.717) is 5.02 Å². The van der Waals surface area contributed by atoms with Crippen molar-refractivity contribution < 1.29 is 0 Å². The molecular formula is C15H20ClN3. The highest BCUT2D eigenvalue weighted by Crippen LogP contribution is 2.28. The molecule has 0 saturated carbocycles. The first kappa shape index (κ1) is 14.1. The first-order valence-corrected chi connectivity index (χ1v) is 7.06. The number of hydrogen-bond acceptors (Lipinski definition) is 2. The van der Waals surface area contributed by atoms with Gasteiger partial charge in [-0.25, -0.2) is 0 Å². The summed E-state index contributed by atoms with van der Waals surface area (Å²) in [4.78, 5) is 0. The number of aryl methyl sites for hydroxylation is 2. The van der Waals surface area contributed by atoms with Crippen LogP contribution in [0.4, 0.5) is 0 Å². The molecule has 0 radical (unpaired) electrons. The van der Waals surface area contributed by atoms with Crippen LogP contribution in [0.25, 0.3) is 0 Å². The Morgan fingerprint density at radius 1 is 1.26 bits per heavy atom. The molecule has 2 aromatic rings. The first-order valence-electron chi connectivity index (χ1n) is 6.68. The molecule has 1 heterocycles. The molecular weight excluding hydrogens is 258 g/mol. The highest BCUT2D eigenvalue weighted by atomic mass is 35.5. The lowest BCUT2D eigenvalue weighted by molar-refractivity contribution is 0.542. The van der Waals surface area contributed by atoms with Crippen LogP contribution in [0.3, 0.4) is 0 Å². The summed E-state index contributed by atoms with van der Waals surface area (Å²) in [6.07, 6.45) is 1.72. The van der Waals surface area contributed by atoms with Gasteiger partial charge in [0, 0.05) is 6.54 Å². The molecule has 0 saturated heterocycles. The minimum absolute atomic E-state index is 0.0838. The zero-order chi connectivity index (χ0) is 13.8. The van der Waals surface area contributed by atoms with E-state index in [1.54, 1.807) is 6.20 Å². The molecule has 0 fully saturated rings. The Bertz CT molecular complexity index is 531. The molecule has 0 aliphatic heterocycles. The topological polar surface area (TPSA) is 29.9 Å². The number of nitrogens with zero attached hydrogens (tertiary/aromatic N) is 2. The maximum absolute atomic E-state index is 6.31. The van der Waals surface area contributed by atoms with E-state index in [2.05, 4.69) is 55.5 Å². The number of rotatable bonds is 5. The van der Waals surface area contributed by atoms with E-state index in [1.165, 1.54) is 11.1 Å². The predicted molar refractivity (Wildman–Crippen MR) is 79.6 cm³/mol. The van der Waals surface area contributed by atoms with Crippen molar-refractivity contribution in [3.8, 4) is 0 Å². The standard InChI is InChI=1S/C15H20ClN3/c1-4-17-14(12-8-6-11(3)7-9-12)15-13(16)10-18-19(15)5-2/h6-10,14,17H,4-5H2,1-3H3. The smallest absolute Gasteiger partial charge is 0.0837 e. The van der Waals surface area contributed by atoms with E-state index >= 15 is 0 Å². The van der Waals surface area contributed by atoms with Crippen molar-refractivity contribution in [2.75, 3.05) is 6.54 Å². The highest BCUT2D eigenvalue weighted by molar-refractivity contribution is 6.31. The van der Waals surface area contributed by atoms with Crippen LogP contribution < -0.4 is 5.32 Å². The minimum atomic E-state index is 0.0838. The van der Waals surface area contributed by atoms with Gasteiger partial charge in [-0.05, 0) is 26.0 Å². The molecule has 0 aliphatic carbocycles. The monoisotopic (exact) mass is 277 g/mol. The molecule has 4 heteroatoms. The number of benzene rings is 1. The molecule has 0 aliphatic rings. The quantitative estimate of drug-likeness (QED) is 0.906. The van der Waals surface area contributed by atoms with Crippen LogP contribution in [-0.2, 0) is 6.54 Å². The Hall–Kier alpha value is -1.32. The van der Waals surface area contributed by atoms with Crippen LogP contribution in [0.2, 0.25) is 5.02 Å². The van der Waals surface area contributed by atoms with Gasteiger partial charge in [-0.2, -0.15) is 5.10 Å². The average molecular weight is 278 g/mol. The summed E-state index contributed by atoms with van der Waals surface area (Å²) in [7, 11) is 0. The second-order valence-electron chi connectivity index (χ2n) is 4.59. The van der Waals surface area contributed by atoms with Crippen LogP contribution >= 0.6 is 11.6 Å². The third-order valence-electron chi connectivity index (χ3n) is 3.23. The number of aromatic nitrogens is 2. The second kappa shape index (κ2) is 6.22. The van der Waals surface area contributed by atoms with Gasteiger partial charge in [0.25, 0.3) is 0 Å². The van der Waals surface area contributed by atoms with E-state index in [4.69, 9.17) is 11.6 Å². The summed E-state index contributed by atoms with van der Waals surface area (Å²) in [5.41, 5.74) is 3.51. The molecule has 2 rings (SSSR count). The van der Waals surface area contributed by atoms with Gasteiger partial charge in [0.2, 0.25) is 0 Å². The normalized spacial score (nSPS) is 12.6. The van der Waals surface area contributed by atoms with Gasteiger partial charge in [0.05, 0.1) is 23.0 Å². The fraction of sp³-hybridized carbons (Fsp3) is 0.400. The van der Waals surface area contributed by atoms with Crippen LogP contribution in [0, 0.1) is 6.92 Å². The fourth-order valence-electron chi connectivity index (χ4n) is 2.25. The van der Waals surface area contributed by atoms with Gasteiger partial charge < -0.3 is 5.32 Å². The molecule has 0 bridgehead atoms. The number of hydrogen-bond donors (Lipinski definition) is 1. The zero-order valence-corrected chi connectivity index (χ0v) is 12.4. The van der Waals surface area contributed by atoms with Gasteiger partial charge in [-0.3, -0.25) is 4.68 Å². The Morgan fingerprint density at radius 3 is 2.53 bits per heavy atom. The third-order valence-corrected chi connectivity index (χ3v) is 3.52. The van der Waals surface area contributed by atoms with Crippen molar-refractivity contribution >= 4 is 11.6 Å². The lowest BCUT2D eigenvalue weighted by Gasteiger charge is -2.20. The Balaban J connectivity index is 2.44. The second-order valence-corrected chi connectivity index (χ2v) is 5.00. The maximum atomic E-state index is 6.31. The number of halogens is 1. The molecule has 19 heavy (non-hydrogen) atoms. The lowest BCUT2D eigenvalue weighted by atomic mass is 10.0. The highest BCUT2D eigenvalue weighted by Gasteiger charge is 2.20.